The van der Waals surface area contributed by atoms with E-state index in [9.17, 15) is 4.79 Å². The number of carbonyl (C=O) groups excluding carboxylic acids is 1. The molecule has 1 aliphatic rings. The topological polar surface area (TPSA) is 83.7 Å². The minimum absolute atomic E-state index is 0.139. The van der Waals surface area contributed by atoms with Gasteiger partial charge in [0.2, 0.25) is 5.89 Å². The molecular formula is C29H31N5O3. The van der Waals surface area contributed by atoms with Crippen molar-refractivity contribution in [3.05, 3.63) is 84.4 Å². The molecule has 1 N–H and O–H groups in total. The zero-order valence-electron chi connectivity index (χ0n) is 21.0. The number of nitrogens with one attached hydrogen (secondary N) is 1. The third-order valence-corrected chi connectivity index (χ3v) is 6.48. The third-order valence-electron chi connectivity index (χ3n) is 6.48. The quantitative estimate of drug-likeness (QED) is 0.363. The summed E-state index contributed by atoms with van der Waals surface area (Å²) in [4.78, 5) is 17.5. The molecule has 5 rings (SSSR count). The molecule has 0 unspecified atom stereocenters. The van der Waals surface area contributed by atoms with E-state index in [0.29, 0.717) is 23.1 Å². The van der Waals surface area contributed by atoms with Crippen LogP contribution in [0.15, 0.2) is 83.3 Å². The van der Waals surface area contributed by atoms with Gasteiger partial charge in [0.1, 0.15) is 5.75 Å². The van der Waals surface area contributed by atoms with Gasteiger partial charge in [-0.15, -0.1) is 10.2 Å². The van der Waals surface area contributed by atoms with Crippen molar-refractivity contribution in [2.75, 3.05) is 44.6 Å². The maximum atomic E-state index is 12.6. The first-order valence-corrected chi connectivity index (χ1v) is 12.6. The molecule has 3 aromatic carbocycles. The smallest absolute Gasteiger partial charge is 0.262 e. The Morgan fingerprint density at radius 3 is 2.30 bits per heavy atom. The Morgan fingerprint density at radius 1 is 0.865 bits per heavy atom. The number of carbonyl (C=O) groups is 1. The van der Waals surface area contributed by atoms with E-state index in [0.717, 1.165) is 50.5 Å². The number of amides is 1. The summed E-state index contributed by atoms with van der Waals surface area (Å²) < 4.78 is 11.7. The number of hydrogen-bond donors (Lipinski definition) is 1. The molecule has 0 aliphatic carbocycles. The maximum absolute atomic E-state index is 12.6. The lowest BCUT2D eigenvalue weighted by molar-refractivity contribution is -0.118. The van der Waals surface area contributed by atoms with Gasteiger partial charge in [-0.2, -0.15) is 0 Å². The fourth-order valence-electron chi connectivity index (χ4n) is 4.35. The first kappa shape index (κ1) is 24.7. The SMILES string of the molecule is CCN1CCN(Cc2ccc(NC(=O)COc3ccccc3-c3nnc(-c4ccccc4)o3)cc2)CC1. The third kappa shape index (κ3) is 6.41. The Hall–Kier alpha value is -4.01. The Morgan fingerprint density at radius 2 is 1.54 bits per heavy atom. The molecule has 1 fully saturated rings. The van der Waals surface area contributed by atoms with Crippen LogP contribution in [0.1, 0.15) is 12.5 Å². The number of anilines is 1. The molecule has 8 nitrogen and oxygen atoms in total. The zero-order valence-corrected chi connectivity index (χ0v) is 21.0. The number of nitrogens with zero attached hydrogens (tertiary/aromatic N) is 4. The van der Waals surface area contributed by atoms with Gasteiger partial charge in [0.15, 0.2) is 6.61 Å². The molecule has 0 radical (unpaired) electrons. The van der Waals surface area contributed by atoms with E-state index < -0.39 is 0 Å². The second kappa shape index (κ2) is 11.8. The molecule has 0 atom stereocenters. The van der Waals surface area contributed by atoms with E-state index >= 15 is 0 Å². The van der Waals surface area contributed by atoms with E-state index in [1.807, 2.05) is 60.7 Å². The molecule has 1 aliphatic heterocycles. The van der Waals surface area contributed by atoms with E-state index in [-0.39, 0.29) is 12.5 Å². The first-order chi connectivity index (χ1) is 18.2. The summed E-state index contributed by atoms with van der Waals surface area (Å²) in [5, 5.41) is 11.2. The summed E-state index contributed by atoms with van der Waals surface area (Å²) in [6.45, 7) is 8.52. The summed E-state index contributed by atoms with van der Waals surface area (Å²) in [6.07, 6.45) is 0. The van der Waals surface area contributed by atoms with Crippen LogP contribution < -0.4 is 10.1 Å². The zero-order chi connectivity index (χ0) is 25.5. The van der Waals surface area contributed by atoms with Gasteiger partial charge >= 0.3 is 0 Å². The van der Waals surface area contributed by atoms with Crippen molar-refractivity contribution in [2.45, 2.75) is 13.5 Å². The largest absolute Gasteiger partial charge is 0.483 e. The predicted octanol–water partition coefficient (Wildman–Crippen LogP) is 4.56. The summed E-state index contributed by atoms with van der Waals surface area (Å²) >= 11 is 0. The highest BCUT2D eigenvalue weighted by molar-refractivity contribution is 5.92. The minimum atomic E-state index is -0.242. The molecule has 4 aromatic rings. The molecule has 1 aromatic heterocycles. The summed E-state index contributed by atoms with van der Waals surface area (Å²) in [5.41, 5.74) is 3.45. The molecule has 1 saturated heterocycles. The lowest BCUT2D eigenvalue weighted by Crippen LogP contribution is -2.45. The van der Waals surface area contributed by atoms with Crippen molar-refractivity contribution < 1.29 is 13.9 Å². The molecule has 2 heterocycles. The van der Waals surface area contributed by atoms with E-state index in [2.05, 4.69) is 44.4 Å². The van der Waals surface area contributed by atoms with Crippen LogP contribution >= 0.6 is 0 Å². The number of rotatable bonds is 9. The summed E-state index contributed by atoms with van der Waals surface area (Å²) in [6, 6.07) is 24.9. The molecule has 190 valence electrons. The standard InChI is InChI=1S/C29H31N5O3/c1-2-33-16-18-34(19-17-33)20-22-12-14-24(15-13-22)30-27(35)21-36-26-11-7-6-10-25(26)29-32-31-28(37-29)23-8-4-3-5-9-23/h3-15H,2,16-21H2,1H3,(H,30,35). The molecule has 0 saturated carbocycles. The van der Waals surface area contributed by atoms with Crippen molar-refractivity contribution in [3.63, 3.8) is 0 Å². The van der Waals surface area contributed by atoms with Crippen LogP contribution in [0.2, 0.25) is 0 Å². The van der Waals surface area contributed by atoms with Crippen molar-refractivity contribution in [2.24, 2.45) is 0 Å². The van der Waals surface area contributed by atoms with Gasteiger partial charge in [0.05, 0.1) is 5.56 Å². The second-order valence-electron chi connectivity index (χ2n) is 9.02. The van der Waals surface area contributed by atoms with E-state index in [1.165, 1.54) is 5.56 Å². The number of para-hydroxylation sites is 1. The van der Waals surface area contributed by atoms with Crippen LogP contribution in [0.3, 0.4) is 0 Å². The first-order valence-electron chi connectivity index (χ1n) is 12.6. The highest BCUT2D eigenvalue weighted by Gasteiger charge is 2.17. The van der Waals surface area contributed by atoms with Gasteiger partial charge in [-0.05, 0) is 48.5 Å². The van der Waals surface area contributed by atoms with Gasteiger partial charge in [-0.1, -0.05) is 49.4 Å². The summed E-state index contributed by atoms with van der Waals surface area (Å²) in [5.74, 6) is 1.02. The highest BCUT2D eigenvalue weighted by Crippen LogP contribution is 2.31. The number of piperazine rings is 1. The fraction of sp³-hybridized carbons (Fsp3) is 0.276. The normalized spacial score (nSPS) is 14.4. The van der Waals surface area contributed by atoms with Crippen LogP contribution in [0, 0.1) is 0 Å². The Balaban J connectivity index is 1.15. The Labute approximate surface area is 216 Å². The average molecular weight is 498 g/mol. The second-order valence-corrected chi connectivity index (χ2v) is 9.02. The van der Waals surface area contributed by atoms with Crippen molar-refractivity contribution >= 4 is 11.6 Å². The van der Waals surface area contributed by atoms with E-state index in [4.69, 9.17) is 9.15 Å². The van der Waals surface area contributed by atoms with Gasteiger partial charge in [-0.3, -0.25) is 9.69 Å². The molecular weight excluding hydrogens is 466 g/mol. The molecule has 8 heteroatoms. The number of benzene rings is 3. The van der Waals surface area contributed by atoms with E-state index in [1.54, 1.807) is 6.07 Å². The van der Waals surface area contributed by atoms with Crippen LogP contribution in [-0.4, -0.2) is 65.2 Å². The molecule has 0 spiro atoms. The number of likely N-dealkylation sites (N-methyl/N-ethyl adjacent to an activating group) is 1. The predicted molar refractivity (Wildman–Crippen MR) is 143 cm³/mol. The van der Waals surface area contributed by atoms with Crippen LogP contribution in [0.5, 0.6) is 5.75 Å². The van der Waals surface area contributed by atoms with Crippen LogP contribution in [-0.2, 0) is 11.3 Å². The lowest BCUT2D eigenvalue weighted by Gasteiger charge is -2.34. The minimum Gasteiger partial charge on any atom is -0.483 e. The Kier molecular flexibility index (Phi) is 7.88. The fourth-order valence-corrected chi connectivity index (χ4v) is 4.35. The number of ether oxygens (including phenoxy) is 1. The lowest BCUT2D eigenvalue weighted by atomic mass is 10.1. The molecule has 37 heavy (non-hydrogen) atoms. The van der Waals surface area contributed by atoms with Crippen LogP contribution in [0.25, 0.3) is 22.9 Å². The average Bonchev–Trinajstić information content (AvgIpc) is 3.44. The van der Waals surface area contributed by atoms with Gasteiger partial charge in [-0.25, -0.2) is 0 Å². The molecule has 1 amide bonds. The monoisotopic (exact) mass is 497 g/mol. The number of hydrogen-bond acceptors (Lipinski definition) is 7. The molecule has 0 bridgehead atoms. The van der Waals surface area contributed by atoms with Crippen LogP contribution in [0.4, 0.5) is 5.69 Å². The highest BCUT2D eigenvalue weighted by atomic mass is 16.5. The summed E-state index contributed by atoms with van der Waals surface area (Å²) in [7, 11) is 0. The van der Waals surface area contributed by atoms with Gasteiger partial charge in [0, 0.05) is 44.0 Å². The van der Waals surface area contributed by atoms with Crippen molar-refractivity contribution in [3.8, 4) is 28.7 Å². The number of aromatic nitrogens is 2. The maximum Gasteiger partial charge on any atom is 0.262 e. The van der Waals surface area contributed by atoms with Gasteiger partial charge < -0.3 is 19.4 Å². The Bertz CT molecular complexity index is 1300. The van der Waals surface area contributed by atoms with Crippen molar-refractivity contribution in [1.29, 1.82) is 0 Å². The van der Waals surface area contributed by atoms with Gasteiger partial charge in [0.25, 0.3) is 11.8 Å². The van der Waals surface area contributed by atoms with Crippen molar-refractivity contribution in [1.82, 2.24) is 20.0 Å².